The molecular weight excluding hydrogens is 586 g/mol. The van der Waals surface area contributed by atoms with Crippen molar-refractivity contribution in [3.05, 3.63) is 94.6 Å². The highest BCUT2D eigenvalue weighted by atomic mass is 35.5. The first-order valence-electron chi connectivity index (χ1n) is 14.2. The molecule has 2 aliphatic heterocycles. The Hall–Kier alpha value is -4.61. The number of nitrogens with two attached hydrogens (primary N) is 1. The van der Waals surface area contributed by atoms with E-state index in [9.17, 15) is 13.6 Å². The first kappa shape index (κ1) is 29.5. The third-order valence-corrected chi connectivity index (χ3v) is 8.22. The SMILES string of the molecule is CN(C)C1CCN(C(N)=NC(=O)c2cccc(Nc3ncc4c(n3)-c3ccc(Cl)cc3N(c3c(F)cccc3F)CC4)c2)C1. The van der Waals surface area contributed by atoms with Crippen molar-refractivity contribution in [3.63, 3.8) is 0 Å². The van der Waals surface area contributed by atoms with Gasteiger partial charge in [-0.15, -0.1) is 0 Å². The normalized spacial score (nSPS) is 16.5. The number of para-hydroxylation sites is 1. The Balaban J connectivity index is 1.27. The van der Waals surface area contributed by atoms with Gasteiger partial charge in [0, 0.05) is 53.7 Å². The predicted octanol–water partition coefficient (Wildman–Crippen LogP) is 5.60. The zero-order valence-electron chi connectivity index (χ0n) is 24.3. The number of halogens is 3. The lowest BCUT2D eigenvalue weighted by atomic mass is 10.0. The van der Waals surface area contributed by atoms with Gasteiger partial charge in [-0.05, 0) is 81.0 Å². The number of hydrogen-bond donors (Lipinski definition) is 2. The number of aromatic nitrogens is 2. The molecule has 6 rings (SSSR count). The molecular formula is C32H31ClF2N8O. The van der Waals surface area contributed by atoms with Gasteiger partial charge in [-0.3, -0.25) is 4.79 Å². The minimum Gasteiger partial charge on any atom is -0.369 e. The Labute approximate surface area is 259 Å². The number of anilines is 4. The van der Waals surface area contributed by atoms with Crippen molar-refractivity contribution in [3.8, 4) is 11.3 Å². The molecule has 1 saturated heterocycles. The van der Waals surface area contributed by atoms with Crippen LogP contribution in [-0.4, -0.2) is 71.4 Å². The summed E-state index contributed by atoms with van der Waals surface area (Å²) < 4.78 is 29.8. The minimum absolute atomic E-state index is 0.151. The fraction of sp³-hybridized carbons (Fsp3) is 0.250. The van der Waals surface area contributed by atoms with Gasteiger partial charge in [-0.25, -0.2) is 18.7 Å². The van der Waals surface area contributed by atoms with Crippen LogP contribution in [0.5, 0.6) is 0 Å². The van der Waals surface area contributed by atoms with Crippen molar-refractivity contribution in [2.45, 2.75) is 18.9 Å². The summed E-state index contributed by atoms with van der Waals surface area (Å²) in [7, 11) is 4.05. The molecule has 3 aromatic carbocycles. The first-order chi connectivity index (χ1) is 21.2. The van der Waals surface area contributed by atoms with Crippen LogP contribution < -0.4 is 16.0 Å². The van der Waals surface area contributed by atoms with Gasteiger partial charge < -0.3 is 25.8 Å². The lowest BCUT2D eigenvalue weighted by molar-refractivity contribution is 0.100. The largest absolute Gasteiger partial charge is 0.369 e. The summed E-state index contributed by atoms with van der Waals surface area (Å²) in [6.45, 7) is 1.75. The van der Waals surface area contributed by atoms with E-state index in [0.29, 0.717) is 45.7 Å². The molecule has 2 aliphatic rings. The molecule has 12 heteroatoms. The number of amides is 1. The van der Waals surface area contributed by atoms with Crippen LogP contribution in [0.2, 0.25) is 5.02 Å². The number of benzene rings is 3. The van der Waals surface area contributed by atoms with Gasteiger partial charge in [-0.1, -0.05) is 23.7 Å². The molecule has 1 atom stereocenters. The molecule has 0 aliphatic carbocycles. The maximum absolute atomic E-state index is 14.9. The Bertz CT molecular complexity index is 1740. The molecule has 0 spiro atoms. The molecule has 1 unspecified atom stereocenters. The van der Waals surface area contributed by atoms with Gasteiger partial charge in [0.2, 0.25) is 5.95 Å². The monoisotopic (exact) mass is 616 g/mol. The number of likely N-dealkylation sites (N-methyl/N-ethyl adjacent to an activating group) is 1. The Kier molecular flexibility index (Phi) is 8.15. The summed E-state index contributed by atoms with van der Waals surface area (Å²) in [5, 5.41) is 3.59. The molecule has 0 saturated carbocycles. The quantitative estimate of drug-likeness (QED) is 0.221. The van der Waals surface area contributed by atoms with Crippen LogP contribution in [-0.2, 0) is 6.42 Å². The topological polar surface area (TPSA) is 103 Å². The van der Waals surface area contributed by atoms with Crippen molar-refractivity contribution < 1.29 is 13.6 Å². The van der Waals surface area contributed by atoms with E-state index in [0.717, 1.165) is 25.1 Å². The highest BCUT2D eigenvalue weighted by Gasteiger charge is 2.28. The smallest absolute Gasteiger partial charge is 0.280 e. The zero-order valence-corrected chi connectivity index (χ0v) is 25.0. The number of guanidine groups is 1. The van der Waals surface area contributed by atoms with Crippen LogP contribution in [0.4, 0.5) is 31.8 Å². The fourth-order valence-electron chi connectivity index (χ4n) is 5.61. The average Bonchev–Trinajstić information content (AvgIpc) is 3.45. The van der Waals surface area contributed by atoms with E-state index in [4.69, 9.17) is 22.3 Å². The Morgan fingerprint density at radius 3 is 2.61 bits per heavy atom. The van der Waals surface area contributed by atoms with E-state index in [1.807, 2.05) is 19.0 Å². The molecule has 44 heavy (non-hydrogen) atoms. The van der Waals surface area contributed by atoms with Crippen molar-refractivity contribution >= 4 is 46.5 Å². The number of carbonyl (C=O) groups is 1. The van der Waals surface area contributed by atoms with Crippen molar-refractivity contribution in [2.24, 2.45) is 10.7 Å². The van der Waals surface area contributed by atoms with E-state index in [1.54, 1.807) is 53.6 Å². The summed E-state index contributed by atoms with van der Waals surface area (Å²) in [5.74, 6) is -1.30. The summed E-state index contributed by atoms with van der Waals surface area (Å²) in [5.41, 5.74) is 9.58. The van der Waals surface area contributed by atoms with E-state index < -0.39 is 17.5 Å². The van der Waals surface area contributed by atoms with Crippen molar-refractivity contribution in [2.75, 3.05) is 43.9 Å². The highest BCUT2D eigenvalue weighted by molar-refractivity contribution is 6.31. The maximum Gasteiger partial charge on any atom is 0.280 e. The molecule has 3 N–H and O–H groups in total. The molecule has 0 bridgehead atoms. The number of fused-ring (bicyclic) bond motifs is 3. The highest BCUT2D eigenvalue weighted by Crippen LogP contribution is 2.42. The van der Waals surface area contributed by atoms with E-state index in [1.165, 1.54) is 18.2 Å². The standard InChI is InChI=1S/C32H31ClF2N8O/c1-41(2)23-12-13-42(18-23)31(36)40-30(44)19-5-3-6-22(15-19)38-32-37-17-20-11-14-43(29-25(34)7-4-8-26(29)35)27-16-21(33)9-10-24(27)28(20)39-32/h3-10,15-17,23H,11-14,18H2,1-2H3,(H2,36,40,44)(H,37,38,39). The van der Waals surface area contributed by atoms with Crippen LogP contribution in [0.3, 0.4) is 0 Å². The third kappa shape index (κ3) is 5.93. The third-order valence-electron chi connectivity index (χ3n) is 7.98. The lowest BCUT2D eigenvalue weighted by Gasteiger charge is -2.26. The summed E-state index contributed by atoms with van der Waals surface area (Å²) in [4.78, 5) is 32.1. The van der Waals surface area contributed by atoms with Gasteiger partial charge >= 0.3 is 0 Å². The molecule has 1 aromatic heterocycles. The fourth-order valence-corrected chi connectivity index (χ4v) is 5.78. The molecule has 0 radical (unpaired) electrons. The first-order valence-corrected chi connectivity index (χ1v) is 14.6. The summed E-state index contributed by atoms with van der Waals surface area (Å²) in [6, 6.07) is 16.2. The van der Waals surface area contributed by atoms with Gasteiger partial charge in [0.25, 0.3) is 5.91 Å². The van der Waals surface area contributed by atoms with Gasteiger partial charge in [0.1, 0.15) is 17.3 Å². The Morgan fingerprint density at radius 1 is 1.09 bits per heavy atom. The van der Waals surface area contributed by atoms with Crippen LogP contribution in [0.25, 0.3) is 11.3 Å². The number of nitrogens with one attached hydrogen (secondary N) is 1. The lowest BCUT2D eigenvalue weighted by Crippen LogP contribution is -2.39. The Morgan fingerprint density at radius 2 is 1.86 bits per heavy atom. The summed E-state index contributed by atoms with van der Waals surface area (Å²) >= 11 is 6.35. The van der Waals surface area contributed by atoms with Crippen LogP contribution in [0, 0.1) is 11.6 Å². The number of hydrogen-bond acceptors (Lipinski definition) is 6. The average molecular weight is 617 g/mol. The molecule has 9 nitrogen and oxygen atoms in total. The number of aliphatic imine (C=N–C) groups is 1. The van der Waals surface area contributed by atoms with E-state index in [2.05, 4.69) is 20.2 Å². The molecule has 226 valence electrons. The van der Waals surface area contributed by atoms with Gasteiger partial charge in [-0.2, -0.15) is 4.99 Å². The molecule has 4 aromatic rings. The second-order valence-electron chi connectivity index (χ2n) is 11.0. The summed E-state index contributed by atoms with van der Waals surface area (Å²) in [6.07, 6.45) is 3.08. The van der Waals surface area contributed by atoms with Gasteiger partial charge in [0.15, 0.2) is 5.96 Å². The molecule has 1 fully saturated rings. The molecule has 1 amide bonds. The van der Waals surface area contributed by atoms with Gasteiger partial charge in [0.05, 0.1) is 11.4 Å². The minimum atomic E-state index is -0.672. The number of nitrogens with zero attached hydrogens (tertiary/aromatic N) is 6. The predicted molar refractivity (Wildman–Crippen MR) is 169 cm³/mol. The number of likely N-dealkylation sites (tertiary alicyclic amines) is 1. The zero-order chi connectivity index (χ0) is 31.0. The van der Waals surface area contributed by atoms with Crippen LogP contribution >= 0.6 is 11.6 Å². The molecule has 3 heterocycles. The second-order valence-corrected chi connectivity index (χ2v) is 11.5. The number of carbonyl (C=O) groups excluding carboxylic acids is 1. The maximum atomic E-state index is 14.9. The van der Waals surface area contributed by atoms with E-state index >= 15 is 0 Å². The van der Waals surface area contributed by atoms with Crippen molar-refractivity contribution in [1.29, 1.82) is 0 Å². The number of rotatable bonds is 5. The van der Waals surface area contributed by atoms with Crippen LogP contribution in [0.1, 0.15) is 22.3 Å². The van der Waals surface area contributed by atoms with Crippen LogP contribution in [0.15, 0.2) is 71.9 Å². The second kappa shape index (κ2) is 12.2. The van der Waals surface area contributed by atoms with E-state index in [-0.39, 0.29) is 24.1 Å². The van der Waals surface area contributed by atoms with Crippen molar-refractivity contribution in [1.82, 2.24) is 19.8 Å².